The van der Waals surface area contributed by atoms with Crippen LogP contribution in [0.15, 0.2) is 0 Å². The lowest BCUT2D eigenvalue weighted by atomic mass is 9.74. The second-order valence-corrected chi connectivity index (χ2v) is 4.36. The Kier molecular flexibility index (Phi) is 1.90. The van der Waals surface area contributed by atoms with Crippen molar-refractivity contribution in [1.29, 1.82) is 0 Å². The lowest BCUT2D eigenvalue weighted by Gasteiger charge is -2.34. The minimum atomic E-state index is 0.756. The Morgan fingerprint density at radius 1 is 1.18 bits per heavy atom. The third-order valence-corrected chi connectivity index (χ3v) is 3.23. The minimum absolute atomic E-state index is 0.756. The van der Waals surface area contributed by atoms with Gasteiger partial charge in [-0.25, -0.2) is 0 Å². The van der Waals surface area contributed by atoms with Gasteiger partial charge in [0.15, 0.2) is 0 Å². The highest BCUT2D eigenvalue weighted by Crippen LogP contribution is 2.34. The van der Waals surface area contributed by atoms with Crippen LogP contribution in [0.3, 0.4) is 0 Å². The predicted octanol–water partition coefficient (Wildman–Crippen LogP) is 1.15. The zero-order chi connectivity index (χ0) is 7.84. The van der Waals surface area contributed by atoms with Crippen LogP contribution < -0.4 is 10.9 Å². The Bertz CT molecular complexity index is 146. The molecule has 2 fully saturated rings. The first-order chi connectivity index (χ1) is 5.27. The third kappa shape index (κ3) is 1.30. The van der Waals surface area contributed by atoms with Crippen molar-refractivity contribution >= 4 is 0 Å². The number of hydrogen-bond acceptors (Lipinski definition) is 2. The van der Waals surface area contributed by atoms with Crippen LogP contribution in [0.2, 0.25) is 0 Å². The highest BCUT2D eigenvalue weighted by Gasteiger charge is 2.36. The summed E-state index contributed by atoms with van der Waals surface area (Å²) in [6.45, 7) is 5.93. The maximum absolute atomic E-state index is 3.38. The molecule has 0 radical (unpaired) electrons. The van der Waals surface area contributed by atoms with Crippen molar-refractivity contribution in [2.45, 2.75) is 32.7 Å². The van der Waals surface area contributed by atoms with Gasteiger partial charge in [-0.3, -0.25) is 10.9 Å². The number of hydrazine groups is 1. The van der Waals surface area contributed by atoms with Crippen LogP contribution in [-0.2, 0) is 0 Å². The fourth-order valence-corrected chi connectivity index (χ4v) is 2.78. The summed E-state index contributed by atoms with van der Waals surface area (Å²) in [7, 11) is 0. The van der Waals surface area contributed by atoms with Crippen LogP contribution in [0.1, 0.15) is 26.7 Å². The number of nitrogens with one attached hydrogen (secondary N) is 2. The van der Waals surface area contributed by atoms with Crippen molar-refractivity contribution in [1.82, 2.24) is 10.9 Å². The molecule has 1 aliphatic heterocycles. The first kappa shape index (κ1) is 7.56. The lowest BCUT2D eigenvalue weighted by molar-refractivity contribution is 0.196. The van der Waals surface area contributed by atoms with E-state index in [-0.39, 0.29) is 0 Å². The molecule has 11 heavy (non-hydrogen) atoms. The molecule has 0 aromatic carbocycles. The number of rotatable bonds is 0. The SMILES string of the molecule is CC1CC(C)C2NNCC2C1. The van der Waals surface area contributed by atoms with Crippen molar-refractivity contribution in [3.8, 4) is 0 Å². The van der Waals surface area contributed by atoms with Gasteiger partial charge < -0.3 is 0 Å². The largest absolute Gasteiger partial charge is 0.257 e. The minimum Gasteiger partial charge on any atom is -0.257 e. The molecule has 2 rings (SSSR count). The smallest absolute Gasteiger partial charge is 0.0279 e. The van der Waals surface area contributed by atoms with E-state index >= 15 is 0 Å². The van der Waals surface area contributed by atoms with E-state index < -0.39 is 0 Å². The van der Waals surface area contributed by atoms with Crippen LogP contribution in [0.5, 0.6) is 0 Å². The molecule has 1 saturated carbocycles. The molecule has 2 heteroatoms. The van der Waals surface area contributed by atoms with Gasteiger partial charge in [-0.05, 0) is 30.6 Å². The van der Waals surface area contributed by atoms with E-state index in [1.165, 1.54) is 19.4 Å². The molecule has 1 aliphatic carbocycles. The van der Waals surface area contributed by atoms with E-state index in [0.717, 1.165) is 23.8 Å². The van der Waals surface area contributed by atoms with E-state index in [1.807, 2.05) is 0 Å². The van der Waals surface area contributed by atoms with Gasteiger partial charge in [0.2, 0.25) is 0 Å². The fraction of sp³-hybridized carbons (Fsp3) is 1.00. The van der Waals surface area contributed by atoms with E-state index in [0.29, 0.717) is 0 Å². The Morgan fingerprint density at radius 2 is 2.00 bits per heavy atom. The van der Waals surface area contributed by atoms with E-state index in [2.05, 4.69) is 24.7 Å². The first-order valence-electron chi connectivity index (χ1n) is 4.75. The van der Waals surface area contributed by atoms with Gasteiger partial charge in [-0.1, -0.05) is 13.8 Å². The van der Waals surface area contributed by atoms with E-state index in [1.54, 1.807) is 0 Å². The molecule has 2 aliphatic rings. The van der Waals surface area contributed by atoms with E-state index in [4.69, 9.17) is 0 Å². The molecule has 2 nitrogen and oxygen atoms in total. The lowest BCUT2D eigenvalue weighted by Crippen LogP contribution is -2.40. The topological polar surface area (TPSA) is 24.1 Å². The quantitative estimate of drug-likeness (QED) is 0.547. The Morgan fingerprint density at radius 3 is 2.82 bits per heavy atom. The molecule has 4 atom stereocenters. The van der Waals surface area contributed by atoms with Gasteiger partial charge in [0.05, 0.1) is 0 Å². The molecule has 1 saturated heterocycles. The highest BCUT2D eigenvalue weighted by molar-refractivity contribution is 4.91. The molecule has 1 heterocycles. The van der Waals surface area contributed by atoms with Crippen molar-refractivity contribution < 1.29 is 0 Å². The maximum Gasteiger partial charge on any atom is 0.0279 e. The zero-order valence-corrected chi connectivity index (χ0v) is 7.43. The monoisotopic (exact) mass is 154 g/mol. The van der Waals surface area contributed by atoms with Crippen molar-refractivity contribution in [2.24, 2.45) is 17.8 Å². The molecule has 2 N–H and O–H groups in total. The second-order valence-electron chi connectivity index (χ2n) is 4.36. The average molecular weight is 154 g/mol. The predicted molar refractivity (Wildman–Crippen MR) is 46.0 cm³/mol. The number of fused-ring (bicyclic) bond motifs is 1. The summed E-state index contributed by atoms with van der Waals surface area (Å²) in [5.74, 6) is 2.69. The molecular formula is C9H18N2. The summed E-state index contributed by atoms with van der Waals surface area (Å²) in [5, 5.41) is 0. The van der Waals surface area contributed by atoms with Gasteiger partial charge in [0.25, 0.3) is 0 Å². The average Bonchev–Trinajstić information content (AvgIpc) is 2.34. The molecule has 64 valence electrons. The molecule has 4 unspecified atom stereocenters. The van der Waals surface area contributed by atoms with Crippen molar-refractivity contribution in [3.05, 3.63) is 0 Å². The van der Waals surface area contributed by atoms with Gasteiger partial charge in [-0.15, -0.1) is 0 Å². The molecule has 0 aromatic rings. The molecule has 0 amide bonds. The van der Waals surface area contributed by atoms with Gasteiger partial charge in [0, 0.05) is 12.6 Å². The number of hydrogen-bond donors (Lipinski definition) is 2. The zero-order valence-electron chi connectivity index (χ0n) is 7.43. The Hall–Kier alpha value is -0.0800. The van der Waals surface area contributed by atoms with Crippen LogP contribution in [0.4, 0.5) is 0 Å². The summed E-state index contributed by atoms with van der Waals surface area (Å²) >= 11 is 0. The molecular weight excluding hydrogens is 136 g/mol. The Balaban J connectivity index is 2.04. The Labute approximate surface area is 68.7 Å². The summed E-state index contributed by atoms with van der Waals surface area (Å²) in [4.78, 5) is 0. The van der Waals surface area contributed by atoms with Gasteiger partial charge >= 0.3 is 0 Å². The molecule has 0 spiro atoms. The van der Waals surface area contributed by atoms with Crippen LogP contribution in [0, 0.1) is 17.8 Å². The van der Waals surface area contributed by atoms with Crippen LogP contribution in [-0.4, -0.2) is 12.6 Å². The highest BCUT2D eigenvalue weighted by atomic mass is 15.4. The summed E-state index contributed by atoms with van der Waals surface area (Å²) in [6.07, 6.45) is 2.81. The third-order valence-electron chi connectivity index (χ3n) is 3.23. The van der Waals surface area contributed by atoms with Crippen LogP contribution >= 0.6 is 0 Å². The van der Waals surface area contributed by atoms with Gasteiger partial charge in [0.1, 0.15) is 0 Å². The van der Waals surface area contributed by atoms with Crippen LogP contribution in [0.25, 0.3) is 0 Å². The summed E-state index contributed by atoms with van der Waals surface area (Å²) in [5.41, 5.74) is 6.64. The van der Waals surface area contributed by atoms with E-state index in [9.17, 15) is 0 Å². The summed E-state index contributed by atoms with van der Waals surface area (Å²) < 4.78 is 0. The summed E-state index contributed by atoms with van der Waals surface area (Å²) in [6, 6.07) is 0.756. The van der Waals surface area contributed by atoms with Crippen molar-refractivity contribution in [2.75, 3.05) is 6.54 Å². The fourth-order valence-electron chi connectivity index (χ4n) is 2.78. The molecule has 0 aromatic heterocycles. The van der Waals surface area contributed by atoms with Gasteiger partial charge in [-0.2, -0.15) is 0 Å². The second kappa shape index (κ2) is 2.76. The first-order valence-corrected chi connectivity index (χ1v) is 4.75. The standard InChI is InChI=1S/C9H18N2/c1-6-3-7(2)9-8(4-6)5-10-11-9/h6-11H,3-5H2,1-2H3. The maximum atomic E-state index is 3.38. The normalized spacial score (nSPS) is 50.7. The van der Waals surface area contributed by atoms with Crippen molar-refractivity contribution in [3.63, 3.8) is 0 Å². The molecule has 0 bridgehead atoms.